The van der Waals surface area contributed by atoms with Crippen LogP contribution in [0, 0.1) is 13.8 Å². The zero-order valence-corrected chi connectivity index (χ0v) is 23.5. The van der Waals surface area contributed by atoms with Crippen LogP contribution in [0.2, 0.25) is 0 Å². The van der Waals surface area contributed by atoms with Gasteiger partial charge in [-0.15, -0.1) is 0 Å². The van der Waals surface area contributed by atoms with Crippen molar-refractivity contribution >= 4 is 11.9 Å². The number of unbranched alkanes of at least 4 members (excludes halogenated alkanes) is 3. The van der Waals surface area contributed by atoms with Gasteiger partial charge in [0, 0.05) is 5.56 Å². The summed E-state index contributed by atoms with van der Waals surface area (Å²) in [5, 5.41) is 0. The Kier molecular flexibility index (Phi) is 10.4. The number of carbonyl (C=O) groups is 1. The van der Waals surface area contributed by atoms with Crippen molar-refractivity contribution in [1.29, 1.82) is 0 Å². The molecule has 196 valence electrons. The van der Waals surface area contributed by atoms with Gasteiger partial charge in [-0.2, -0.15) is 0 Å². The molecule has 0 heterocycles. The van der Waals surface area contributed by atoms with Crippen molar-refractivity contribution in [2.24, 2.45) is 0 Å². The van der Waals surface area contributed by atoms with Gasteiger partial charge in [0.25, 0.3) is 0 Å². The van der Waals surface area contributed by atoms with Gasteiger partial charge in [0.2, 0.25) is 0 Å². The van der Waals surface area contributed by atoms with E-state index >= 15 is 0 Å². The molecule has 0 atom stereocenters. The first kappa shape index (κ1) is 29.2. The summed E-state index contributed by atoms with van der Waals surface area (Å²) in [5.41, 5.74) is 2.52. The monoisotopic (exact) mass is 492 g/mol. The highest BCUT2D eigenvalue weighted by molar-refractivity contribution is 6.06. The highest BCUT2D eigenvalue weighted by Crippen LogP contribution is 2.33. The van der Waals surface area contributed by atoms with Crippen LogP contribution in [0.4, 0.5) is 0 Å². The molecule has 36 heavy (non-hydrogen) atoms. The van der Waals surface area contributed by atoms with Gasteiger partial charge in [0.05, 0.1) is 6.61 Å². The fraction of sp³-hybridized carbons (Fsp3) is 0.469. The lowest BCUT2D eigenvalue weighted by atomic mass is 10.0. The topological polar surface area (TPSA) is 44.8 Å². The van der Waals surface area contributed by atoms with Crippen LogP contribution in [-0.4, -0.2) is 23.6 Å². The minimum atomic E-state index is -0.693. The van der Waals surface area contributed by atoms with Crippen LogP contribution in [0.5, 0.6) is 11.5 Å². The SMILES string of the molecule is C=C(OC(C)(C)C)C(C)(C)Oc1c(C)cc(/C=C/C(=O)c2ccc(OCCCCCC)cc2)cc1C. The molecule has 0 aliphatic carbocycles. The molecule has 0 radical (unpaired) electrons. The number of rotatable bonds is 13. The molecular weight excluding hydrogens is 448 g/mol. The van der Waals surface area contributed by atoms with Crippen molar-refractivity contribution < 1.29 is 19.0 Å². The number of ether oxygens (including phenoxy) is 3. The Morgan fingerprint density at radius 3 is 2.11 bits per heavy atom. The Bertz CT molecular complexity index is 1030. The average molecular weight is 493 g/mol. The van der Waals surface area contributed by atoms with E-state index in [1.165, 1.54) is 19.3 Å². The number of aryl methyl sites for hydroxylation is 2. The summed E-state index contributed by atoms with van der Waals surface area (Å²) in [6.07, 6.45) is 8.13. The first-order chi connectivity index (χ1) is 16.8. The van der Waals surface area contributed by atoms with Crippen molar-refractivity contribution in [1.82, 2.24) is 0 Å². The number of allylic oxidation sites excluding steroid dienone is 1. The summed E-state index contributed by atoms with van der Waals surface area (Å²) < 4.78 is 18.1. The van der Waals surface area contributed by atoms with E-state index in [-0.39, 0.29) is 11.4 Å². The summed E-state index contributed by atoms with van der Waals surface area (Å²) in [5.74, 6) is 2.13. The second-order valence-electron chi connectivity index (χ2n) is 10.9. The number of hydrogen-bond donors (Lipinski definition) is 0. The van der Waals surface area contributed by atoms with E-state index in [1.54, 1.807) is 6.08 Å². The summed E-state index contributed by atoms with van der Waals surface area (Å²) >= 11 is 0. The second kappa shape index (κ2) is 12.8. The molecule has 4 heteroatoms. The zero-order valence-electron chi connectivity index (χ0n) is 23.5. The highest BCUT2D eigenvalue weighted by Gasteiger charge is 2.30. The van der Waals surface area contributed by atoms with Crippen LogP contribution < -0.4 is 9.47 Å². The van der Waals surface area contributed by atoms with Gasteiger partial charge in [-0.3, -0.25) is 4.79 Å². The van der Waals surface area contributed by atoms with Gasteiger partial charge in [-0.1, -0.05) is 38.8 Å². The Labute approximate surface area is 218 Å². The van der Waals surface area contributed by atoms with Crippen molar-refractivity contribution in [3.8, 4) is 11.5 Å². The number of carbonyl (C=O) groups excluding carboxylic acids is 1. The molecule has 0 aromatic heterocycles. The first-order valence-electron chi connectivity index (χ1n) is 13.0. The van der Waals surface area contributed by atoms with Crippen LogP contribution in [-0.2, 0) is 4.74 Å². The normalized spacial score (nSPS) is 12.0. The first-order valence-corrected chi connectivity index (χ1v) is 13.0. The molecule has 0 unspecified atom stereocenters. The molecule has 0 saturated heterocycles. The van der Waals surface area contributed by atoms with Gasteiger partial charge < -0.3 is 14.2 Å². The predicted octanol–water partition coefficient (Wildman–Crippen LogP) is 8.64. The van der Waals surface area contributed by atoms with Crippen LogP contribution >= 0.6 is 0 Å². The molecule has 2 aromatic rings. The van der Waals surface area contributed by atoms with E-state index in [1.807, 2.05) is 90.9 Å². The molecule has 0 aliphatic heterocycles. The van der Waals surface area contributed by atoms with Crippen molar-refractivity contribution in [2.45, 2.75) is 92.3 Å². The third-order valence-corrected chi connectivity index (χ3v) is 5.77. The van der Waals surface area contributed by atoms with Crippen LogP contribution in [0.25, 0.3) is 6.08 Å². The predicted molar refractivity (Wildman–Crippen MR) is 150 cm³/mol. The quantitative estimate of drug-likeness (QED) is 0.121. The lowest BCUT2D eigenvalue weighted by molar-refractivity contribution is -0.0129. The van der Waals surface area contributed by atoms with Gasteiger partial charge in [0.1, 0.15) is 22.9 Å². The maximum absolute atomic E-state index is 12.7. The Morgan fingerprint density at radius 1 is 0.944 bits per heavy atom. The number of benzene rings is 2. The molecule has 0 amide bonds. The molecule has 4 nitrogen and oxygen atoms in total. The average Bonchev–Trinajstić information content (AvgIpc) is 2.79. The van der Waals surface area contributed by atoms with E-state index in [0.29, 0.717) is 17.9 Å². The van der Waals surface area contributed by atoms with Gasteiger partial charge in [0.15, 0.2) is 11.4 Å². The highest BCUT2D eigenvalue weighted by atomic mass is 16.6. The molecule has 0 bridgehead atoms. The molecule has 2 aromatic carbocycles. The minimum absolute atomic E-state index is 0.0445. The summed E-state index contributed by atoms with van der Waals surface area (Å²) in [6, 6.07) is 11.4. The molecular formula is C32H44O4. The third kappa shape index (κ3) is 9.22. The van der Waals surface area contributed by atoms with Crippen LogP contribution in [0.15, 0.2) is 54.8 Å². The van der Waals surface area contributed by atoms with Gasteiger partial charge in [-0.25, -0.2) is 0 Å². The van der Waals surface area contributed by atoms with E-state index in [9.17, 15) is 4.79 Å². The standard InChI is InChI=1S/C32H44O4/c1-10-11-12-13-20-34-28-17-15-27(16-18-28)29(33)19-14-26-21-23(2)30(24(3)22-26)36-32(8,9)25(4)35-31(5,6)7/h14-19,21-22H,4,10-13,20H2,1-3,5-9H3/b19-14+. The molecule has 2 rings (SSSR count). The van der Waals surface area contributed by atoms with E-state index < -0.39 is 5.60 Å². The fourth-order valence-corrected chi connectivity index (χ4v) is 3.75. The lowest BCUT2D eigenvalue weighted by Gasteiger charge is -2.34. The minimum Gasteiger partial charge on any atom is -0.494 e. The molecule has 0 N–H and O–H groups in total. The third-order valence-electron chi connectivity index (χ3n) is 5.77. The fourth-order valence-electron chi connectivity index (χ4n) is 3.75. The summed E-state index contributed by atoms with van der Waals surface area (Å²) in [7, 11) is 0. The van der Waals surface area contributed by atoms with Crippen molar-refractivity contribution in [3.63, 3.8) is 0 Å². The van der Waals surface area contributed by atoms with Gasteiger partial charge >= 0.3 is 0 Å². The maximum atomic E-state index is 12.7. The molecule has 0 spiro atoms. The number of ketones is 1. The molecule has 0 saturated carbocycles. The molecule has 0 fully saturated rings. The molecule has 0 aliphatic rings. The largest absolute Gasteiger partial charge is 0.494 e. The second-order valence-corrected chi connectivity index (χ2v) is 10.9. The van der Waals surface area contributed by atoms with Crippen molar-refractivity contribution in [2.75, 3.05) is 6.61 Å². The Morgan fingerprint density at radius 2 is 1.56 bits per heavy atom. The van der Waals surface area contributed by atoms with Gasteiger partial charge in [-0.05, 0) is 114 Å². The Hall–Kier alpha value is -3.01. The number of hydrogen-bond acceptors (Lipinski definition) is 4. The smallest absolute Gasteiger partial charge is 0.185 e. The Balaban J connectivity index is 2.04. The van der Waals surface area contributed by atoms with E-state index in [0.717, 1.165) is 34.6 Å². The van der Waals surface area contributed by atoms with E-state index in [2.05, 4.69) is 13.5 Å². The van der Waals surface area contributed by atoms with Crippen molar-refractivity contribution in [3.05, 3.63) is 77.1 Å². The summed E-state index contributed by atoms with van der Waals surface area (Å²) in [4.78, 5) is 12.7. The van der Waals surface area contributed by atoms with Crippen LogP contribution in [0.1, 0.15) is 94.3 Å². The van der Waals surface area contributed by atoms with E-state index in [4.69, 9.17) is 14.2 Å². The lowest BCUT2D eigenvalue weighted by Crippen LogP contribution is -2.35. The summed E-state index contributed by atoms with van der Waals surface area (Å²) in [6.45, 7) is 20.9. The maximum Gasteiger partial charge on any atom is 0.185 e. The zero-order chi connectivity index (χ0) is 26.9. The van der Waals surface area contributed by atoms with Crippen LogP contribution in [0.3, 0.4) is 0 Å².